The summed E-state index contributed by atoms with van der Waals surface area (Å²) in [5.74, 6) is 1.07. The number of nitrogens with two attached hydrogens (primary N) is 1. The van der Waals surface area contributed by atoms with Gasteiger partial charge < -0.3 is 15.4 Å². The third-order valence-electron chi connectivity index (χ3n) is 4.12. The number of hydrogen-bond acceptors (Lipinski definition) is 3. The van der Waals surface area contributed by atoms with Crippen LogP contribution in [-0.4, -0.2) is 37.7 Å². The molecule has 20 heavy (non-hydrogen) atoms. The van der Waals surface area contributed by atoms with Crippen LogP contribution in [0.4, 0.5) is 0 Å². The summed E-state index contributed by atoms with van der Waals surface area (Å²) in [6.07, 6.45) is 2.16. The lowest BCUT2D eigenvalue weighted by atomic mass is 9.93. The molecule has 1 heterocycles. The number of likely N-dealkylation sites (N-methyl/N-ethyl adjacent to an activating group) is 1. The van der Waals surface area contributed by atoms with E-state index >= 15 is 0 Å². The molecule has 112 valence electrons. The Morgan fingerprint density at radius 3 is 2.85 bits per heavy atom. The van der Waals surface area contributed by atoms with E-state index in [2.05, 4.69) is 43.9 Å². The maximum atomic E-state index is 5.84. The quantitative estimate of drug-likeness (QED) is 0.831. The molecule has 0 aromatic heterocycles. The summed E-state index contributed by atoms with van der Waals surface area (Å²) in [6.45, 7) is 11.5. The SMILES string of the molecule is CCN(CCc1ccc2c(c1)CCO2)CC(C)(C)CN. The molecule has 0 radical (unpaired) electrons. The van der Waals surface area contributed by atoms with Gasteiger partial charge in [0.15, 0.2) is 0 Å². The van der Waals surface area contributed by atoms with Crippen LogP contribution in [0.25, 0.3) is 0 Å². The minimum absolute atomic E-state index is 0.196. The molecule has 0 aliphatic carbocycles. The highest BCUT2D eigenvalue weighted by Crippen LogP contribution is 2.26. The van der Waals surface area contributed by atoms with Crippen molar-refractivity contribution in [3.63, 3.8) is 0 Å². The molecule has 2 rings (SSSR count). The zero-order chi connectivity index (χ0) is 14.6. The highest BCUT2D eigenvalue weighted by molar-refractivity contribution is 5.39. The molecule has 1 aliphatic rings. The van der Waals surface area contributed by atoms with Crippen LogP contribution in [0.3, 0.4) is 0 Å². The molecule has 1 aromatic rings. The maximum Gasteiger partial charge on any atom is 0.122 e. The lowest BCUT2D eigenvalue weighted by Gasteiger charge is -2.31. The Balaban J connectivity index is 1.90. The Morgan fingerprint density at radius 2 is 2.15 bits per heavy atom. The molecule has 3 heteroatoms. The molecule has 1 aromatic carbocycles. The number of benzene rings is 1. The molecule has 0 spiro atoms. The minimum atomic E-state index is 0.196. The average Bonchev–Trinajstić information content (AvgIpc) is 2.90. The van der Waals surface area contributed by atoms with Gasteiger partial charge in [-0.1, -0.05) is 32.9 Å². The fourth-order valence-corrected chi connectivity index (χ4v) is 2.70. The average molecular weight is 276 g/mol. The van der Waals surface area contributed by atoms with Crippen LogP contribution in [0.15, 0.2) is 18.2 Å². The Hall–Kier alpha value is -1.06. The van der Waals surface area contributed by atoms with Gasteiger partial charge in [0.2, 0.25) is 0 Å². The summed E-state index contributed by atoms with van der Waals surface area (Å²) in [5, 5.41) is 0. The Kier molecular flexibility index (Phi) is 5.06. The fourth-order valence-electron chi connectivity index (χ4n) is 2.70. The molecular weight excluding hydrogens is 248 g/mol. The molecule has 0 atom stereocenters. The topological polar surface area (TPSA) is 38.5 Å². The van der Waals surface area contributed by atoms with E-state index in [0.29, 0.717) is 0 Å². The molecule has 3 nitrogen and oxygen atoms in total. The third-order valence-corrected chi connectivity index (χ3v) is 4.12. The standard InChI is InChI=1S/C17H28N2O/c1-4-19(13-17(2,3)12-18)9-7-14-5-6-16-15(11-14)8-10-20-16/h5-6,11H,4,7-10,12-13,18H2,1-3H3. The van der Waals surface area contributed by atoms with Crippen molar-refractivity contribution in [2.24, 2.45) is 11.1 Å². The molecule has 1 aliphatic heterocycles. The highest BCUT2D eigenvalue weighted by Gasteiger charge is 2.19. The van der Waals surface area contributed by atoms with E-state index in [1.165, 1.54) is 11.1 Å². The largest absolute Gasteiger partial charge is 0.493 e. The summed E-state index contributed by atoms with van der Waals surface area (Å²) in [7, 11) is 0. The van der Waals surface area contributed by atoms with Gasteiger partial charge in [-0.2, -0.15) is 0 Å². The van der Waals surface area contributed by atoms with Crippen LogP contribution in [0.1, 0.15) is 31.9 Å². The van der Waals surface area contributed by atoms with Gasteiger partial charge in [-0.25, -0.2) is 0 Å². The van der Waals surface area contributed by atoms with Crippen molar-refractivity contribution in [1.29, 1.82) is 0 Å². The van der Waals surface area contributed by atoms with Crippen LogP contribution in [0.5, 0.6) is 5.75 Å². The number of nitrogens with zero attached hydrogens (tertiary/aromatic N) is 1. The van der Waals surface area contributed by atoms with E-state index in [4.69, 9.17) is 10.5 Å². The van der Waals surface area contributed by atoms with E-state index in [1.807, 2.05) is 0 Å². The van der Waals surface area contributed by atoms with Crippen LogP contribution in [0.2, 0.25) is 0 Å². The zero-order valence-corrected chi connectivity index (χ0v) is 13.1. The predicted molar refractivity (Wildman–Crippen MR) is 84.3 cm³/mol. The highest BCUT2D eigenvalue weighted by atomic mass is 16.5. The van der Waals surface area contributed by atoms with Gasteiger partial charge in [-0.05, 0) is 42.1 Å². The van der Waals surface area contributed by atoms with Crippen LogP contribution >= 0.6 is 0 Å². The van der Waals surface area contributed by atoms with E-state index in [0.717, 1.165) is 51.4 Å². The molecule has 0 amide bonds. The van der Waals surface area contributed by atoms with E-state index in [9.17, 15) is 0 Å². The summed E-state index contributed by atoms with van der Waals surface area (Å²) >= 11 is 0. The second kappa shape index (κ2) is 6.59. The Bertz CT molecular complexity index is 443. The lowest BCUT2D eigenvalue weighted by molar-refractivity contribution is 0.192. The van der Waals surface area contributed by atoms with Crippen molar-refractivity contribution in [1.82, 2.24) is 4.90 Å². The molecule has 0 unspecified atom stereocenters. The number of fused-ring (bicyclic) bond motifs is 1. The monoisotopic (exact) mass is 276 g/mol. The van der Waals surface area contributed by atoms with Crippen molar-refractivity contribution in [2.45, 2.75) is 33.6 Å². The van der Waals surface area contributed by atoms with Crippen molar-refractivity contribution in [3.8, 4) is 5.75 Å². The minimum Gasteiger partial charge on any atom is -0.493 e. The van der Waals surface area contributed by atoms with Gasteiger partial charge >= 0.3 is 0 Å². The molecule has 2 N–H and O–H groups in total. The van der Waals surface area contributed by atoms with Crippen LogP contribution < -0.4 is 10.5 Å². The summed E-state index contributed by atoms with van der Waals surface area (Å²) < 4.78 is 5.56. The summed E-state index contributed by atoms with van der Waals surface area (Å²) in [4.78, 5) is 2.50. The van der Waals surface area contributed by atoms with E-state index in [-0.39, 0.29) is 5.41 Å². The summed E-state index contributed by atoms with van der Waals surface area (Å²) in [5.41, 5.74) is 8.82. The first-order valence-electron chi connectivity index (χ1n) is 7.71. The smallest absolute Gasteiger partial charge is 0.122 e. The first kappa shape index (κ1) is 15.3. The maximum absolute atomic E-state index is 5.84. The Labute approximate surface area is 123 Å². The zero-order valence-electron chi connectivity index (χ0n) is 13.1. The van der Waals surface area contributed by atoms with Gasteiger partial charge in [-0.3, -0.25) is 0 Å². The predicted octanol–water partition coefficient (Wildman–Crippen LogP) is 2.47. The normalized spacial score (nSPS) is 14.4. The van der Waals surface area contributed by atoms with Crippen molar-refractivity contribution < 1.29 is 4.74 Å². The van der Waals surface area contributed by atoms with Crippen molar-refractivity contribution in [3.05, 3.63) is 29.3 Å². The fraction of sp³-hybridized carbons (Fsp3) is 0.647. The molecule has 0 fully saturated rings. The van der Waals surface area contributed by atoms with Gasteiger partial charge in [0, 0.05) is 19.5 Å². The first-order valence-corrected chi connectivity index (χ1v) is 7.71. The second-order valence-corrected chi connectivity index (χ2v) is 6.53. The van der Waals surface area contributed by atoms with Gasteiger partial charge in [-0.15, -0.1) is 0 Å². The van der Waals surface area contributed by atoms with Gasteiger partial charge in [0.1, 0.15) is 5.75 Å². The lowest BCUT2D eigenvalue weighted by Crippen LogP contribution is -2.39. The first-order chi connectivity index (χ1) is 9.54. The number of hydrogen-bond donors (Lipinski definition) is 1. The summed E-state index contributed by atoms with van der Waals surface area (Å²) in [6, 6.07) is 6.63. The third kappa shape index (κ3) is 3.97. The van der Waals surface area contributed by atoms with E-state index in [1.54, 1.807) is 0 Å². The number of rotatable bonds is 7. The van der Waals surface area contributed by atoms with Crippen molar-refractivity contribution in [2.75, 3.05) is 32.8 Å². The number of ether oxygens (including phenoxy) is 1. The van der Waals surface area contributed by atoms with Crippen LogP contribution in [0, 0.1) is 5.41 Å². The molecule has 0 saturated carbocycles. The Morgan fingerprint density at radius 1 is 1.35 bits per heavy atom. The molecular formula is C17H28N2O. The van der Waals surface area contributed by atoms with E-state index < -0.39 is 0 Å². The second-order valence-electron chi connectivity index (χ2n) is 6.53. The van der Waals surface area contributed by atoms with Crippen molar-refractivity contribution >= 4 is 0 Å². The van der Waals surface area contributed by atoms with Gasteiger partial charge in [0.05, 0.1) is 6.61 Å². The molecule has 0 saturated heterocycles. The van der Waals surface area contributed by atoms with Crippen LogP contribution in [-0.2, 0) is 12.8 Å². The molecule has 0 bridgehead atoms. The van der Waals surface area contributed by atoms with Gasteiger partial charge in [0.25, 0.3) is 0 Å².